The molecule has 6 rings (SSSR count). The highest BCUT2D eigenvalue weighted by atomic mass is 32.2. The van der Waals surface area contributed by atoms with Crippen molar-refractivity contribution in [1.29, 1.82) is 0 Å². The number of imide groups is 1. The van der Waals surface area contributed by atoms with Crippen molar-refractivity contribution in [1.82, 2.24) is 9.88 Å². The van der Waals surface area contributed by atoms with Crippen LogP contribution in [0.3, 0.4) is 0 Å². The normalized spacial score (nSPS) is 13.2. The van der Waals surface area contributed by atoms with Gasteiger partial charge in [-0.25, -0.2) is 13.2 Å². The van der Waals surface area contributed by atoms with E-state index in [1.807, 2.05) is 0 Å². The van der Waals surface area contributed by atoms with E-state index in [-0.39, 0.29) is 63.4 Å². The summed E-state index contributed by atoms with van der Waals surface area (Å²) in [4.78, 5) is 43.3. The van der Waals surface area contributed by atoms with Crippen molar-refractivity contribution < 1.29 is 40.7 Å². The quantitative estimate of drug-likeness (QED) is 0.120. The van der Waals surface area contributed by atoms with Gasteiger partial charge in [0.1, 0.15) is 0 Å². The van der Waals surface area contributed by atoms with E-state index in [0.717, 1.165) is 17.2 Å². The maximum Gasteiger partial charge on any atom is 0.418 e. The number of benzene rings is 4. The van der Waals surface area contributed by atoms with Gasteiger partial charge in [0.2, 0.25) is 0 Å². The van der Waals surface area contributed by atoms with Crippen molar-refractivity contribution in [3.63, 3.8) is 0 Å². The summed E-state index contributed by atoms with van der Waals surface area (Å²) in [6, 6.07) is 22.9. The van der Waals surface area contributed by atoms with Crippen LogP contribution in [0.1, 0.15) is 50.0 Å². The van der Waals surface area contributed by atoms with E-state index in [1.165, 1.54) is 24.3 Å². The number of nitrogens with zero attached hydrogens (tertiary/aromatic N) is 2. The molecule has 1 aromatic heterocycles. The van der Waals surface area contributed by atoms with E-state index in [4.69, 9.17) is 4.74 Å². The molecule has 0 saturated heterocycles. The molecular formula is C36H27F3N2O6S. The van der Waals surface area contributed by atoms with Crippen molar-refractivity contribution >= 4 is 38.5 Å². The molecule has 2 heterocycles. The Morgan fingerprint density at radius 2 is 1.46 bits per heavy atom. The van der Waals surface area contributed by atoms with Gasteiger partial charge in [-0.15, -0.1) is 0 Å². The smallest absolute Gasteiger partial charge is 0.418 e. The topological polar surface area (TPSA) is 111 Å². The number of hydrogen-bond donors (Lipinski definition) is 0. The molecule has 0 spiro atoms. The summed E-state index contributed by atoms with van der Waals surface area (Å²) in [6.07, 6.45) is -3.58. The Balaban J connectivity index is 1.31. The van der Waals surface area contributed by atoms with Crippen LogP contribution >= 0.6 is 0 Å². The summed E-state index contributed by atoms with van der Waals surface area (Å²) in [5.74, 6) is -1.99. The number of alkyl halides is 3. The lowest BCUT2D eigenvalue weighted by molar-refractivity contribution is -0.136. The number of aromatic nitrogens is 1. The van der Waals surface area contributed by atoms with Gasteiger partial charge in [-0.2, -0.15) is 13.2 Å². The standard InChI is InChI=1S/C36H27F3N2O6S/c1-2-47-35(44)29-21-40-32-28(15-7-16-30(32)36(37,38)39)31(29)24-11-5-9-22(19-24)23-10-6-12-25(20-23)48(45,46)18-8-17-41-33(42)26-13-3-4-14-27(26)34(41)43/h3-7,9-16,19-21H,2,8,17-18H2,1H3. The Morgan fingerprint density at radius 1 is 0.833 bits per heavy atom. The number of carbonyl (C=O) groups excluding carboxylic acids is 3. The van der Waals surface area contributed by atoms with Crippen LogP contribution in [-0.4, -0.2) is 55.0 Å². The fourth-order valence-corrected chi connectivity index (χ4v) is 7.16. The third kappa shape index (κ3) is 6.06. The zero-order valence-corrected chi connectivity index (χ0v) is 26.3. The Morgan fingerprint density at radius 3 is 2.12 bits per heavy atom. The number of carbonyl (C=O) groups is 3. The fourth-order valence-electron chi connectivity index (χ4n) is 5.82. The van der Waals surface area contributed by atoms with Crippen LogP contribution in [-0.2, 0) is 20.8 Å². The number of para-hydroxylation sites is 1. The minimum absolute atomic E-state index is 0.0177. The molecule has 244 valence electrons. The molecule has 0 N–H and O–H groups in total. The molecule has 0 aliphatic carbocycles. The van der Waals surface area contributed by atoms with Crippen molar-refractivity contribution in [2.75, 3.05) is 18.9 Å². The molecule has 0 radical (unpaired) electrons. The Bertz CT molecular complexity index is 2180. The second kappa shape index (κ2) is 12.7. The van der Waals surface area contributed by atoms with Gasteiger partial charge >= 0.3 is 12.1 Å². The van der Waals surface area contributed by atoms with Crippen molar-refractivity contribution in [2.45, 2.75) is 24.4 Å². The van der Waals surface area contributed by atoms with E-state index in [1.54, 1.807) is 67.6 Å². The van der Waals surface area contributed by atoms with E-state index in [9.17, 15) is 36.0 Å². The van der Waals surface area contributed by atoms with Crippen molar-refractivity contribution in [3.05, 3.63) is 119 Å². The fraction of sp³-hybridized carbons (Fsp3) is 0.167. The first-order valence-electron chi connectivity index (χ1n) is 15.0. The second-order valence-electron chi connectivity index (χ2n) is 11.1. The van der Waals surface area contributed by atoms with Crippen LogP contribution in [0.5, 0.6) is 0 Å². The number of sulfone groups is 1. The van der Waals surface area contributed by atoms with Gasteiger partial charge in [0.15, 0.2) is 9.84 Å². The largest absolute Gasteiger partial charge is 0.462 e. The zero-order valence-electron chi connectivity index (χ0n) is 25.5. The van der Waals surface area contributed by atoms with Crippen LogP contribution in [0.25, 0.3) is 33.2 Å². The highest BCUT2D eigenvalue weighted by Gasteiger charge is 2.35. The molecule has 48 heavy (non-hydrogen) atoms. The molecule has 4 aromatic carbocycles. The van der Waals surface area contributed by atoms with Gasteiger partial charge in [-0.3, -0.25) is 19.5 Å². The van der Waals surface area contributed by atoms with Gasteiger partial charge < -0.3 is 4.74 Å². The summed E-state index contributed by atoms with van der Waals surface area (Å²) in [5, 5.41) is 0.0990. The molecular weight excluding hydrogens is 645 g/mol. The first-order valence-corrected chi connectivity index (χ1v) is 16.6. The molecule has 0 saturated carbocycles. The van der Waals surface area contributed by atoms with Crippen LogP contribution < -0.4 is 0 Å². The number of hydrogen-bond acceptors (Lipinski definition) is 7. The SMILES string of the molecule is CCOC(=O)c1cnc2c(C(F)(F)F)cccc2c1-c1cccc(-c2cccc(S(=O)(=O)CCCN3C(=O)c4ccccc4C3=O)c2)c1. The molecule has 0 fully saturated rings. The van der Waals surface area contributed by atoms with Gasteiger partial charge in [0.25, 0.3) is 11.8 Å². The number of esters is 1. The Labute approximate surface area is 273 Å². The molecule has 12 heteroatoms. The minimum Gasteiger partial charge on any atom is -0.462 e. The molecule has 1 aliphatic heterocycles. The molecule has 0 atom stereocenters. The first kappa shape index (κ1) is 32.6. The molecule has 0 bridgehead atoms. The lowest BCUT2D eigenvalue weighted by Crippen LogP contribution is -2.31. The summed E-state index contributed by atoms with van der Waals surface area (Å²) in [5.41, 5.74) is 0.926. The Hall–Kier alpha value is -5.36. The van der Waals surface area contributed by atoms with Gasteiger partial charge in [0.05, 0.1) is 45.0 Å². The second-order valence-corrected chi connectivity index (χ2v) is 13.2. The average molecular weight is 673 g/mol. The molecule has 0 unspecified atom stereocenters. The lowest BCUT2D eigenvalue weighted by Gasteiger charge is -2.16. The average Bonchev–Trinajstić information content (AvgIpc) is 3.32. The monoisotopic (exact) mass is 672 g/mol. The summed E-state index contributed by atoms with van der Waals surface area (Å²) < 4.78 is 73.6. The lowest BCUT2D eigenvalue weighted by atomic mass is 9.92. The van der Waals surface area contributed by atoms with E-state index < -0.39 is 39.4 Å². The van der Waals surface area contributed by atoms with E-state index >= 15 is 0 Å². The van der Waals surface area contributed by atoms with Gasteiger partial charge in [0, 0.05) is 23.7 Å². The number of halogens is 3. The van der Waals surface area contributed by atoms with Crippen LogP contribution in [0.2, 0.25) is 0 Å². The van der Waals surface area contributed by atoms with E-state index in [0.29, 0.717) is 16.7 Å². The molecule has 1 aliphatic rings. The Kier molecular flexibility index (Phi) is 8.61. The number of fused-ring (bicyclic) bond motifs is 2. The summed E-state index contributed by atoms with van der Waals surface area (Å²) >= 11 is 0. The van der Waals surface area contributed by atoms with Gasteiger partial charge in [-0.05, 0) is 66.4 Å². The first-order chi connectivity index (χ1) is 22.9. The maximum absolute atomic E-state index is 13.9. The van der Waals surface area contributed by atoms with Crippen LogP contribution in [0, 0.1) is 0 Å². The molecule has 2 amide bonds. The van der Waals surface area contributed by atoms with Crippen LogP contribution in [0.15, 0.2) is 102 Å². The highest BCUT2D eigenvalue weighted by molar-refractivity contribution is 7.91. The number of rotatable bonds is 9. The predicted octanol–water partition coefficient (Wildman–Crippen LogP) is 7.22. The molecule has 5 aromatic rings. The minimum atomic E-state index is -4.69. The van der Waals surface area contributed by atoms with Crippen molar-refractivity contribution in [2.24, 2.45) is 0 Å². The van der Waals surface area contributed by atoms with Crippen molar-refractivity contribution in [3.8, 4) is 22.3 Å². The summed E-state index contributed by atoms with van der Waals surface area (Å²) in [7, 11) is -3.84. The molecule has 8 nitrogen and oxygen atoms in total. The van der Waals surface area contributed by atoms with E-state index in [2.05, 4.69) is 4.98 Å². The third-order valence-electron chi connectivity index (χ3n) is 8.05. The zero-order chi connectivity index (χ0) is 34.2. The predicted molar refractivity (Wildman–Crippen MR) is 172 cm³/mol. The number of amides is 2. The number of pyridine rings is 1. The van der Waals surface area contributed by atoms with Gasteiger partial charge in [-0.1, -0.05) is 54.6 Å². The summed E-state index contributed by atoms with van der Waals surface area (Å²) in [6.45, 7) is 1.59. The van der Waals surface area contributed by atoms with Crippen LogP contribution in [0.4, 0.5) is 13.2 Å². The maximum atomic E-state index is 13.9. The highest BCUT2D eigenvalue weighted by Crippen LogP contribution is 2.39. The third-order valence-corrected chi connectivity index (χ3v) is 9.85. The number of ether oxygens (including phenoxy) is 1.